The minimum Gasteiger partial charge on any atom is -0.748 e. The molecular weight excluding hydrogens is 260 g/mol. The van der Waals surface area contributed by atoms with E-state index in [-0.39, 0.29) is 17.1 Å². The Morgan fingerprint density at radius 1 is 0.778 bits per heavy atom. The average molecular weight is 284 g/mol. The third-order valence-corrected chi connectivity index (χ3v) is 3.86. The Bertz CT molecular complexity index is 327. The van der Waals surface area contributed by atoms with Crippen LogP contribution < -0.4 is 0 Å². The largest absolute Gasteiger partial charge is 0.748 e. The van der Waals surface area contributed by atoms with Crippen molar-refractivity contribution in [2.75, 3.05) is 0 Å². The summed E-state index contributed by atoms with van der Waals surface area (Å²) in [5.41, 5.74) is 1.97. The number of rotatable bonds is 4. The molecule has 0 saturated heterocycles. The molecule has 0 aliphatic heterocycles. The molecule has 0 amide bonds. The van der Waals surface area contributed by atoms with Crippen LogP contribution in [0.3, 0.4) is 0 Å². The number of hydrogen-bond acceptors (Lipinski definition) is 0. The van der Waals surface area contributed by atoms with Crippen LogP contribution in [0.2, 0.25) is 0 Å². The monoisotopic (exact) mass is 284 g/mol. The van der Waals surface area contributed by atoms with Crippen molar-refractivity contribution < 1.29 is 17.1 Å². The second-order valence-electron chi connectivity index (χ2n) is 4.48. The molecule has 0 unspecified atom stereocenters. The summed E-state index contributed by atoms with van der Waals surface area (Å²) in [5, 5.41) is 0. The first-order valence-corrected chi connectivity index (χ1v) is 6.68. The normalized spacial score (nSPS) is 10.2. The molecule has 0 aliphatic carbocycles. The fourth-order valence-corrected chi connectivity index (χ4v) is 2.41. The average Bonchev–Trinajstić information content (AvgIpc) is 3.08. The van der Waals surface area contributed by atoms with E-state index in [1.807, 2.05) is 30.3 Å². The molecule has 0 aromatic heterocycles. The first-order valence-electron chi connectivity index (χ1n) is 6.68. The van der Waals surface area contributed by atoms with Gasteiger partial charge in [0.25, 0.3) is 0 Å². The van der Waals surface area contributed by atoms with Crippen molar-refractivity contribution in [2.24, 2.45) is 0 Å². The summed E-state index contributed by atoms with van der Waals surface area (Å²) in [7, 11) is 0. The van der Waals surface area contributed by atoms with Crippen LogP contribution in [-0.2, 0) is 22.5 Å². The molecular formula is C17H24Fe-6. The van der Waals surface area contributed by atoms with Crippen molar-refractivity contribution in [3.05, 3.63) is 60.2 Å². The Morgan fingerprint density at radius 3 is 1.39 bits per heavy atom. The van der Waals surface area contributed by atoms with Gasteiger partial charge < -0.3 is 30.3 Å². The molecule has 0 radical (unpaired) electrons. The van der Waals surface area contributed by atoms with E-state index in [9.17, 15) is 0 Å². The molecule has 0 atom stereocenters. The summed E-state index contributed by atoms with van der Waals surface area (Å²) in [5.74, 6) is 0. The molecule has 2 rings (SSSR count). The quantitative estimate of drug-likeness (QED) is 0.529. The van der Waals surface area contributed by atoms with Crippen molar-refractivity contribution in [1.29, 1.82) is 0 Å². The van der Waals surface area contributed by atoms with Gasteiger partial charge in [-0.25, -0.2) is 12.1 Å². The maximum atomic E-state index is 2.29. The number of hydrogen-bond donors (Lipinski definition) is 0. The van der Waals surface area contributed by atoms with Gasteiger partial charge in [-0.2, -0.15) is 17.7 Å². The van der Waals surface area contributed by atoms with Crippen LogP contribution in [0.1, 0.15) is 45.6 Å². The molecule has 0 heterocycles. The first-order chi connectivity index (χ1) is 8.29. The fourth-order valence-electron chi connectivity index (χ4n) is 2.41. The molecule has 0 saturated carbocycles. The molecule has 106 valence electrons. The van der Waals surface area contributed by atoms with Gasteiger partial charge in [0.15, 0.2) is 0 Å². The van der Waals surface area contributed by atoms with Gasteiger partial charge in [0, 0.05) is 17.1 Å². The topological polar surface area (TPSA) is 0 Å². The van der Waals surface area contributed by atoms with E-state index < -0.39 is 0 Å². The maximum Gasteiger partial charge on any atom is 0 e. The molecule has 0 nitrogen and oxygen atoms in total. The molecule has 0 N–H and O–H groups in total. The van der Waals surface area contributed by atoms with E-state index in [1.165, 1.54) is 24.8 Å². The van der Waals surface area contributed by atoms with Crippen molar-refractivity contribution in [1.82, 2.24) is 0 Å². The summed E-state index contributed by atoms with van der Waals surface area (Å²) < 4.78 is 0. The van der Waals surface area contributed by atoms with Crippen LogP contribution in [0.5, 0.6) is 0 Å². The van der Waals surface area contributed by atoms with Gasteiger partial charge in [-0.1, -0.05) is 45.4 Å². The zero-order valence-electron chi connectivity index (χ0n) is 11.7. The third kappa shape index (κ3) is 4.48. The van der Waals surface area contributed by atoms with Crippen LogP contribution in [0.4, 0.5) is 0 Å². The van der Waals surface area contributed by atoms with Crippen molar-refractivity contribution in [3.63, 3.8) is 0 Å². The summed E-state index contributed by atoms with van der Waals surface area (Å²) >= 11 is 0. The van der Waals surface area contributed by atoms with Gasteiger partial charge in [-0.3, -0.25) is 0 Å². The standard InChI is InChI=1S/C12H19.C5H5.Fe/c1-4-12(5-2,6-3)11-9-7-8-10-11;1-2-4-5-3-1;/h7-10H,4-6H2,1-3H3;1-5H;/q-1;-5;. The summed E-state index contributed by atoms with van der Waals surface area (Å²) in [6, 6.07) is 18.8. The summed E-state index contributed by atoms with van der Waals surface area (Å²) in [6.07, 6.45) is 3.76. The van der Waals surface area contributed by atoms with Gasteiger partial charge >= 0.3 is 0 Å². The fraction of sp³-hybridized carbons (Fsp3) is 0.412. The third-order valence-electron chi connectivity index (χ3n) is 3.86. The van der Waals surface area contributed by atoms with Crippen LogP contribution in [0.15, 0.2) is 54.6 Å². The van der Waals surface area contributed by atoms with Crippen LogP contribution in [0, 0.1) is 0 Å². The van der Waals surface area contributed by atoms with E-state index in [1.54, 1.807) is 0 Å². The Kier molecular flexibility index (Phi) is 8.79. The summed E-state index contributed by atoms with van der Waals surface area (Å²) in [6.45, 7) is 6.88. The van der Waals surface area contributed by atoms with Gasteiger partial charge in [-0.15, -0.1) is 0 Å². The van der Waals surface area contributed by atoms with Gasteiger partial charge in [0.2, 0.25) is 0 Å². The predicted molar refractivity (Wildman–Crippen MR) is 76.6 cm³/mol. The zero-order chi connectivity index (χ0) is 12.6. The van der Waals surface area contributed by atoms with Gasteiger partial charge in [-0.05, 0) is 0 Å². The van der Waals surface area contributed by atoms with E-state index in [0.29, 0.717) is 5.41 Å². The second-order valence-corrected chi connectivity index (χ2v) is 4.48. The molecule has 0 fully saturated rings. The van der Waals surface area contributed by atoms with E-state index in [4.69, 9.17) is 0 Å². The maximum absolute atomic E-state index is 2.29. The smallest absolute Gasteiger partial charge is 0 e. The van der Waals surface area contributed by atoms with Crippen molar-refractivity contribution in [3.8, 4) is 0 Å². The minimum absolute atomic E-state index is 0. The van der Waals surface area contributed by atoms with Crippen LogP contribution >= 0.6 is 0 Å². The Labute approximate surface area is 123 Å². The van der Waals surface area contributed by atoms with E-state index in [0.717, 1.165) is 0 Å². The molecule has 18 heavy (non-hydrogen) atoms. The molecule has 0 bridgehead atoms. The van der Waals surface area contributed by atoms with E-state index in [2.05, 4.69) is 45.0 Å². The zero-order valence-corrected chi connectivity index (χ0v) is 12.8. The predicted octanol–water partition coefficient (Wildman–Crippen LogP) is 5.28. The molecule has 0 aliphatic rings. The molecule has 0 spiro atoms. The van der Waals surface area contributed by atoms with Gasteiger partial charge in [0.1, 0.15) is 0 Å². The minimum atomic E-state index is 0. The van der Waals surface area contributed by atoms with E-state index >= 15 is 0 Å². The molecule has 1 heteroatoms. The molecule has 2 aromatic rings. The Morgan fingerprint density at radius 2 is 1.11 bits per heavy atom. The first kappa shape index (κ1) is 17.2. The second kappa shape index (κ2) is 9.19. The van der Waals surface area contributed by atoms with Gasteiger partial charge in [0.05, 0.1) is 0 Å². The Balaban J connectivity index is 0.000000405. The Hall–Kier alpha value is -0.781. The van der Waals surface area contributed by atoms with Crippen LogP contribution in [-0.4, -0.2) is 0 Å². The van der Waals surface area contributed by atoms with Crippen LogP contribution in [0.25, 0.3) is 0 Å². The van der Waals surface area contributed by atoms with Crippen molar-refractivity contribution >= 4 is 0 Å². The SMILES string of the molecule is CCC(CC)(CC)[c-]1cccc1.[Fe].[cH-]1[cH-][cH-][cH-][cH-]1. The van der Waals surface area contributed by atoms with Crippen molar-refractivity contribution in [2.45, 2.75) is 45.4 Å². The summed E-state index contributed by atoms with van der Waals surface area (Å²) in [4.78, 5) is 0. The molecule has 2 aromatic carbocycles.